The van der Waals surface area contributed by atoms with Gasteiger partial charge in [-0.1, -0.05) is 28.1 Å². The Kier molecular flexibility index (Phi) is 4.49. The fourth-order valence-corrected chi connectivity index (χ4v) is 1.84. The standard InChI is InChI=1S/C12H10BrClFN3/c13-9-3-1-8(2-4-9)5-6-16-11-10(15)7-17-12(14)18-11/h1-4,7H,5-6H2,(H,16,17,18). The van der Waals surface area contributed by atoms with Crippen molar-refractivity contribution >= 4 is 33.3 Å². The van der Waals surface area contributed by atoms with Gasteiger partial charge in [0.15, 0.2) is 11.6 Å². The first kappa shape index (κ1) is 13.2. The molecule has 1 aromatic carbocycles. The fraction of sp³-hybridized carbons (Fsp3) is 0.167. The summed E-state index contributed by atoms with van der Waals surface area (Å²) in [6.07, 6.45) is 1.83. The van der Waals surface area contributed by atoms with Crippen molar-refractivity contribution in [1.29, 1.82) is 0 Å². The summed E-state index contributed by atoms with van der Waals surface area (Å²) >= 11 is 8.97. The van der Waals surface area contributed by atoms with Crippen LogP contribution < -0.4 is 5.32 Å². The molecule has 2 aromatic rings. The molecule has 0 saturated carbocycles. The zero-order valence-corrected chi connectivity index (χ0v) is 11.7. The highest BCUT2D eigenvalue weighted by molar-refractivity contribution is 9.10. The summed E-state index contributed by atoms with van der Waals surface area (Å²) in [6.45, 7) is 0.575. The van der Waals surface area contributed by atoms with E-state index in [1.165, 1.54) is 0 Å². The van der Waals surface area contributed by atoms with Crippen LogP contribution in [0.3, 0.4) is 0 Å². The molecule has 0 bridgehead atoms. The Morgan fingerprint density at radius 3 is 2.72 bits per heavy atom. The molecule has 6 heteroatoms. The molecule has 0 radical (unpaired) electrons. The molecule has 0 aliphatic rings. The average Bonchev–Trinajstić information content (AvgIpc) is 2.36. The quantitative estimate of drug-likeness (QED) is 0.869. The van der Waals surface area contributed by atoms with Crippen molar-refractivity contribution in [1.82, 2.24) is 9.97 Å². The van der Waals surface area contributed by atoms with Crippen molar-refractivity contribution in [3.8, 4) is 0 Å². The third-order valence-electron chi connectivity index (χ3n) is 2.33. The molecule has 2 rings (SSSR count). The van der Waals surface area contributed by atoms with E-state index in [0.29, 0.717) is 6.54 Å². The summed E-state index contributed by atoms with van der Waals surface area (Å²) in [5.74, 6) is -0.373. The predicted octanol–water partition coefficient (Wildman–Crippen LogP) is 3.69. The van der Waals surface area contributed by atoms with Crippen LogP contribution in [0.1, 0.15) is 5.56 Å². The number of hydrogen-bond donors (Lipinski definition) is 1. The van der Waals surface area contributed by atoms with E-state index in [9.17, 15) is 4.39 Å². The van der Waals surface area contributed by atoms with Crippen LogP contribution in [0.15, 0.2) is 34.9 Å². The Morgan fingerprint density at radius 2 is 2.00 bits per heavy atom. The first-order valence-electron chi connectivity index (χ1n) is 5.31. The minimum Gasteiger partial charge on any atom is -0.367 e. The summed E-state index contributed by atoms with van der Waals surface area (Å²) in [6, 6.07) is 7.96. The van der Waals surface area contributed by atoms with Crippen molar-refractivity contribution in [2.75, 3.05) is 11.9 Å². The Balaban J connectivity index is 1.92. The van der Waals surface area contributed by atoms with E-state index in [1.54, 1.807) is 0 Å². The SMILES string of the molecule is Fc1cnc(Cl)nc1NCCc1ccc(Br)cc1. The smallest absolute Gasteiger partial charge is 0.224 e. The lowest BCUT2D eigenvalue weighted by molar-refractivity contribution is 0.616. The number of anilines is 1. The molecule has 0 spiro atoms. The van der Waals surface area contributed by atoms with Crippen LogP contribution in [0.5, 0.6) is 0 Å². The highest BCUT2D eigenvalue weighted by atomic mass is 79.9. The second-order valence-electron chi connectivity index (χ2n) is 3.64. The lowest BCUT2D eigenvalue weighted by Gasteiger charge is -2.06. The first-order chi connectivity index (χ1) is 8.65. The molecule has 0 unspecified atom stereocenters. The molecule has 3 nitrogen and oxygen atoms in total. The number of aromatic nitrogens is 2. The lowest BCUT2D eigenvalue weighted by Crippen LogP contribution is -2.08. The summed E-state index contributed by atoms with van der Waals surface area (Å²) in [7, 11) is 0. The van der Waals surface area contributed by atoms with Gasteiger partial charge in [0.2, 0.25) is 5.28 Å². The monoisotopic (exact) mass is 329 g/mol. The average molecular weight is 331 g/mol. The number of hydrogen-bond acceptors (Lipinski definition) is 3. The van der Waals surface area contributed by atoms with Crippen molar-refractivity contribution in [2.45, 2.75) is 6.42 Å². The van der Waals surface area contributed by atoms with E-state index in [1.807, 2.05) is 24.3 Å². The van der Waals surface area contributed by atoms with Gasteiger partial charge in [-0.2, -0.15) is 4.98 Å². The minimum atomic E-state index is -0.504. The Labute approximate surface area is 118 Å². The van der Waals surface area contributed by atoms with E-state index in [2.05, 4.69) is 31.2 Å². The van der Waals surface area contributed by atoms with Gasteiger partial charge in [-0.3, -0.25) is 0 Å². The first-order valence-corrected chi connectivity index (χ1v) is 6.48. The van der Waals surface area contributed by atoms with Gasteiger partial charge in [-0.15, -0.1) is 0 Å². The van der Waals surface area contributed by atoms with Crippen LogP contribution in [0.2, 0.25) is 5.28 Å². The van der Waals surface area contributed by atoms with Crippen LogP contribution in [-0.2, 0) is 6.42 Å². The third-order valence-corrected chi connectivity index (χ3v) is 3.04. The molecular formula is C12H10BrClFN3. The molecule has 18 heavy (non-hydrogen) atoms. The van der Waals surface area contributed by atoms with E-state index in [4.69, 9.17) is 11.6 Å². The molecule has 94 valence electrons. The van der Waals surface area contributed by atoms with Gasteiger partial charge in [0.1, 0.15) is 0 Å². The van der Waals surface area contributed by atoms with Gasteiger partial charge in [0, 0.05) is 11.0 Å². The molecule has 0 amide bonds. The largest absolute Gasteiger partial charge is 0.367 e. The molecule has 1 N–H and O–H groups in total. The normalized spacial score (nSPS) is 10.4. The molecule has 0 aliphatic heterocycles. The number of rotatable bonds is 4. The lowest BCUT2D eigenvalue weighted by atomic mass is 10.1. The van der Waals surface area contributed by atoms with Crippen molar-refractivity contribution < 1.29 is 4.39 Å². The predicted molar refractivity (Wildman–Crippen MR) is 73.3 cm³/mol. The third kappa shape index (κ3) is 3.65. The van der Waals surface area contributed by atoms with Crippen molar-refractivity contribution in [3.63, 3.8) is 0 Å². The van der Waals surface area contributed by atoms with Crippen LogP contribution in [-0.4, -0.2) is 16.5 Å². The van der Waals surface area contributed by atoms with Crippen LogP contribution in [0, 0.1) is 5.82 Å². The zero-order chi connectivity index (χ0) is 13.0. The maximum atomic E-state index is 13.3. The Bertz CT molecular complexity index is 533. The van der Waals surface area contributed by atoms with E-state index < -0.39 is 5.82 Å². The second kappa shape index (κ2) is 6.11. The molecule has 1 aromatic heterocycles. The second-order valence-corrected chi connectivity index (χ2v) is 4.89. The van der Waals surface area contributed by atoms with E-state index in [0.717, 1.165) is 22.7 Å². The van der Waals surface area contributed by atoms with Crippen LogP contribution in [0.4, 0.5) is 10.2 Å². The number of nitrogens with zero attached hydrogens (tertiary/aromatic N) is 2. The summed E-state index contributed by atoms with van der Waals surface area (Å²) in [5.41, 5.74) is 1.16. The molecule has 0 atom stereocenters. The molecular weight excluding hydrogens is 321 g/mol. The van der Waals surface area contributed by atoms with Crippen molar-refractivity contribution in [3.05, 3.63) is 51.6 Å². The highest BCUT2D eigenvalue weighted by Crippen LogP contribution is 2.13. The highest BCUT2D eigenvalue weighted by Gasteiger charge is 2.04. The molecule has 0 aliphatic carbocycles. The minimum absolute atomic E-state index is 0.0301. The maximum Gasteiger partial charge on any atom is 0.224 e. The van der Waals surface area contributed by atoms with Gasteiger partial charge >= 0.3 is 0 Å². The van der Waals surface area contributed by atoms with E-state index in [-0.39, 0.29) is 11.1 Å². The zero-order valence-electron chi connectivity index (χ0n) is 9.33. The summed E-state index contributed by atoms with van der Waals surface area (Å²) in [5, 5.41) is 2.92. The van der Waals surface area contributed by atoms with Gasteiger partial charge < -0.3 is 5.32 Å². The fourth-order valence-electron chi connectivity index (χ4n) is 1.45. The van der Waals surface area contributed by atoms with Crippen LogP contribution >= 0.6 is 27.5 Å². The molecule has 0 saturated heterocycles. The molecule has 0 fully saturated rings. The van der Waals surface area contributed by atoms with Crippen molar-refractivity contribution in [2.24, 2.45) is 0 Å². The summed E-state index contributed by atoms with van der Waals surface area (Å²) in [4.78, 5) is 7.33. The van der Waals surface area contributed by atoms with Gasteiger partial charge in [0.05, 0.1) is 6.20 Å². The van der Waals surface area contributed by atoms with Gasteiger partial charge in [0.25, 0.3) is 0 Å². The molecule has 1 heterocycles. The number of benzene rings is 1. The maximum absolute atomic E-state index is 13.3. The van der Waals surface area contributed by atoms with Gasteiger partial charge in [-0.25, -0.2) is 9.37 Å². The Hall–Kier alpha value is -1.20. The Morgan fingerprint density at radius 1 is 1.28 bits per heavy atom. The topological polar surface area (TPSA) is 37.8 Å². The summed E-state index contributed by atoms with van der Waals surface area (Å²) < 4.78 is 14.3. The number of halogens is 3. The van der Waals surface area contributed by atoms with Gasteiger partial charge in [-0.05, 0) is 35.7 Å². The van der Waals surface area contributed by atoms with E-state index >= 15 is 0 Å². The number of nitrogens with one attached hydrogen (secondary N) is 1. The van der Waals surface area contributed by atoms with Crippen LogP contribution in [0.25, 0.3) is 0 Å².